The summed E-state index contributed by atoms with van der Waals surface area (Å²) in [6.07, 6.45) is 0.494. The molecule has 1 saturated heterocycles. The molecule has 6 heteroatoms. The van der Waals surface area contributed by atoms with Crippen LogP contribution in [0.3, 0.4) is 0 Å². The van der Waals surface area contributed by atoms with Crippen molar-refractivity contribution in [2.45, 2.75) is 13.0 Å². The summed E-state index contributed by atoms with van der Waals surface area (Å²) in [5.74, 6) is -0.120. The van der Waals surface area contributed by atoms with E-state index >= 15 is 0 Å². The molecule has 2 rings (SSSR count). The highest BCUT2D eigenvalue weighted by Crippen LogP contribution is 2.21. The molecule has 1 aliphatic heterocycles. The minimum atomic E-state index is -0.120. The van der Waals surface area contributed by atoms with E-state index in [2.05, 4.69) is 41.9 Å². The Morgan fingerprint density at radius 1 is 1.37 bits per heavy atom. The number of halogens is 1. The highest BCUT2D eigenvalue weighted by Gasteiger charge is 2.18. The fraction of sp³-hybridized carbons (Fsp3) is 0.615. The van der Waals surface area contributed by atoms with Crippen molar-refractivity contribution in [3.8, 4) is 0 Å². The Morgan fingerprint density at radius 3 is 2.63 bits per heavy atom. The van der Waals surface area contributed by atoms with Gasteiger partial charge in [0.05, 0.1) is 13.5 Å². The van der Waals surface area contributed by atoms with Crippen molar-refractivity contribution >= 4 is 33.2 Å². The van der Waals surface area contributed by atoms with E-state index in [4.69, 9.17) is 0 Å². The number of carbonyl (C=O) groups excluding carboxylic acids is 1. The van der Waals surface area contributed by atoms with Gasteiger partial charge in [-0.25, -0.2) is 0 Å². The first kappa shape index (κ1) is 15.0. The van der Waals surface area contributed by atoms with Gasteiger partial charge in [0.25, 0.3) is 0 Å². The van der Waals surface area contributed by atoms with Crippen LogP contribution >= 0.6 is 27.3 Å². The van der Waals surface area contributed by atoms with Gasteiger partial charge in [0.1, 0.15) is 0 Å². The molecule has 19 heavy (non-hydrogen) atoms. The van der Waals surface area contributed by atoms with Gasteiger partial charge in [-0.15, -0.1) is 11.3 Å². The highest BCUT2D eigenvalue weighted by molar-refractivity contribution is 9.10. The second kappa shape index (κ2) is 7.38. The quantitative estimate of drug-likeness (QED) is 0.765. The third-order valence-corrected chi connectivity index (χ3v) is 5.01. The molecule has 0 radical (unpaired) electrons. The Morgan fingerprint density at radius 2 is 2.05 bits per heavy atom. The lowest BCUT2D eigenvalue weighted by atomic mass is 10.3. The van der Waals surface area contributed by atoms with E-state index in [0.717, 1.165) is 39.3 Å². The second-order valence-electron chi connectivity index (χ2n) is 4.68. The number of methoxy groups -OCH3 is 1. The van der Waals surface area contributed by atoms with Gasteiger partial charge in [-0.1, -0.05) is 0 Å². The molecular weight excluding hydrogens is 328 g/mol. The Kier molecular flexibility index (Phi) is 5.81. The topological polar surface area (TPSA) is 32.8 Å². The van der Waals surface area contributed by atoms with Gasteiger partial charge in [-0.2, -0.15) is 0 Å². The normalized spacial score (nSPS) is 17.6. The van der Waals surface area contributed by atoms with Crippen LogP contribution in [0.5, 0.6) is 0 Å². The molecule has 1 aromatic rings. The van der Waals surface area contributed by atoms with E-state index in [9.17, 15) is 4.79 Å². The smallest absolute Gasteiger partial charge is 0.306 e. The Balaban J connectivity index is 1.69. The average molecular weight is 347 g/mol. The molecule has 2 heterocycles. The number of piperazine rings is 1. The van der Waals surface area contributed by atoms with Crippen LogP contribution in [0.15, 0.2) is 15.9 Å². The van der Waals surface area contributed by atoms with Crippen LogP contribution in [0.2, 0.25) is 0 Å². The van der Waals surface area contributed by atoms with Gasteiger partial charge < -0.3 is 9.64 Å². The first-order valence-corrected chi connectivity index (χ1v) is 8.09. The SMILES string of the molecule is COC(=O)CCN1CCN(Cc2cc(Br)cs2)CC1. The van der Waals surface area contributed by atoms with Crippen molar-refractivity contribution in [3.63, 3.8) is 0 Å². The highest BCUT2D eigenvalue weighted by atomic mass is 79.9. The van der Waals surface area contributed by atoms with Gasteiger partial charge in [0.2, 0.25) is 0 Å². The molecule has 1 aliphatic rings. The fourth-order valence-electron chi connectivity index (χ4n) is 2.18. The summed E-state index contributed by atoms with van der Waals surface area (Å²) < 4.78 is 5.84. The zero-order valence-electron chi connectivity index (χ0n) is 11.1. The van der Waals surface area contributed by atoms with Gasteiger partial charge in [-0.3, -0.25) is 9.69 Å². The van der Waals surface area contributed by atoms with E-state index in [-0.39, 0.29) is 5.97 Å². The Bertz CT molecular complexity index is 417. The number of nitrogens with zero attached hydrogens (tertiary/aromatic N) is 2. The largest absolute Gasteiger partial charge is 0.469 e. The number of thiophene rings is 1. The minimum absolute atomic E-state index is 0.120. The van der Waals surface area contributed by atoms with E-state index < -0.39 is 0 Å². The summed E-state index contributed by atoms with van der Waals surface area (Å²) in [6, 6.07) is 2.19. The average Bonchev–Trinajstić information content (AvgIpc) is 2.83. The third kappa shape index (κ3) is 4.87. The zero-order chi connectivity index (χ0) is 13.7. The van der Waals surface area contributed by atoms with Crippen LogP contribution in [0.25, 0.3) is 0 Å². The van der Waals surface area contributed by atoms with Crippen LogP contribution in [0.1, 0.15) is 11.3 Å². The van der Waals surface area contributed by atoms with E-state index in [1.54, 1.807) is 11.3 Å². The summed E-state index contributed by atoms with van der Waals surface area (Å²) in [7, 11) is 1.44. The molecule has 0 saturated carbocycles. The molecule has 0 bridgehead atoms. The molecule has 106 valence electrons. The number of hydrogen-bond donors (Lipinski definition) is 0. The van der Waals surface area contributed by atoms with Gasteiger partial charge >= 0.3 is 5.97 Å². The molecule has 4 nitrogen and oxygen atoms in total. The van der Waals surface area contributed by atoms with Crippen molar-refractivity contribution in [2.75, 3.05) is 39.8 Å². The number of ether oxygens (including phenoxy) is 1. The number of rotatable bonds is 5. The maximum atomic E-state index is 11.1. The molecular formula is C13H19BrN2O2S. The van der Waals surface area contributed by atoms with E-state index in [1.165, 1.54) is 16.5 Å². The minimum Gasteiger partial charge on any atom is -0.469 e. The monoisotopic (exact) mass is 346 g/mol. The van der Waals surface area contributed by atoms with Gasteiger partial charge in [0.15, 0.2) is 0 Å². The summed E-state index contributed by atoms with van der Waals surface area (Å²) in [5, 5.41) is 2.13. The van der Waals surface area contributed by atoms with Crippen molar-refractivity contribution in [2.24, 2.45) is 0 Å². The maximum absolute atomic E-state index is 11.1. The molecule has 0 aliphatic carbocycles. The summed E-state index contributed by atoms with van der Waals surface area (Å²) in [4.78, 5) is 17.3. The van der Waals surface area contributed by atoms with Crippen molar-refractivity contribution in [1.82, 2.24) is 9.80 Å². The molecule has 1 fully saturated rings. The molecule has 0 N–H and O–H groups in total. The lowest BCUT2D eigenvalue weighted by Gasteiger charge is -2.34. The lowest BCUT2D eigenvalue weighted by Crippen LogP contribution is -2.46. The lowest BCUT2D eigenvalue weighted by molar-refractivity contribution is -0.141. The van der Waals surface area contributed by atoms with Crippen LogP contribution in [0.4, 0.5) is 0 Å². The fourth-order valence-corrected chi connectivity index (χ4v) is 3.67. The van der Waals surface area contributed by atoms with Crippen LogP contribution in [-0.4, -0.2) is 55.6 Å². The Hall–Kier alpha value is -0.430. The predicted octanol–water partition coefficient (Wildman–Crippen LogP) is 2.19. The standard InChI is InChI=1S/C13H19BrN2O2S/c1-18-13(17)2-3-15-4-6-16(7-5-15)9-12-8-11(14)10-19-12/h8,10H,2-7,9H2,1H3. The molecule has 0 aromatic carbocycles. The third-order valence-electron chi connectivity index (χ3n) is 3.33. The van der Waals surface area contributed by atoms with E-state index in [1.807, 2.05) is 0 Å². The molecule has 1 aromatic heterocycles. The number of hydrogen-bond acceptors (Lipinski definition) is 5. The summed E-state index contributed by atoms with van der Waals surface area (Å²) >= 11 is 5.29. The van der Waals surface area contributed by atoms with Crippen LogP contribution in [-0.2, 0) is 16.1 Å². The van der Waals surface area contributed by atoms with Gasteiger partial charge in [0, 0.05) is 54.0 Å². The first-order valence-electron chi connectivity index (χ1n) is 6.42. The number of carbonyl (C=O) groups is 1. The first-order chi connectivity index (χ1) is 9.17. The summed E-state index contributed by atoms with van der Waals surface area (Å²) in [6.45, 7) is 6.03. The molecule has 0 unspecified atom stereocenters. The summed E-state index contributed by atoms with van der Waals surface area (Å²) in [5.41, 5.74) is 0. The number of esters is 1. The Labute approximate surface area is 126 Å². The predicted molar refractivity (Wildman–Crippen MR) is 80.4 cm³/mol. The maximum Gasteiger partial charge on any atom is 0.306 e. The van der Waals surface area contributed by atoms with Crippen molar-refractivity contribution in [1.29, 1.82) is 0 Å². The molecule has 0 amide bonds. The van der Waals surface area contributed by atoms with Crippen LogP contribution in [0, 0.1) is 0 Å². The van der Waals surface area contributed by atoms with E-state index in [0.29, 0.717) is 6.42 Å². The van der Waals surface area contributed by atoms with Crippen LogP contribution < -0.4 is 0 Å². The molecule has 0 atom stereocenters. The molecule has 0 spiro atoms. The van der Waals surface area contributed by atoms with Crippen molar-refractivity contribution < 1.29 is 9.53 Å². The second-order valence-corrected chi connectivity index (χ2v) is 6.59. The van der Waals surface area contributed by atoms with Gasteiger partial charge in [-0.05, 0) is 22.0 Å². The zero-order valence-corrected chi connectivity index (χ0v) is 13.5. The van der Waals surface area contributed by atoms with Crippen molar-refractivity contribution in [3.05, 3.63) is 20.8 Å².